The summed E-state index contributed by atoms with van der Waals surface area (Å²) in [4.78, 5) is 17.5. The van der Waals surface area contributed by atoms with Gasteiger partial charge in [-0.05, 0) is 54.9 Å². The fraction of sp³-hybridized carbons (Fsp3) is 0.350. The van der Waals surface area contributed by atoms with Crippen LogP contribution in [0.1, 0.15) is 27.2 Å². The highest BCUT2D eigenvalue weighted by Gasteiger charge is 2.28. The standard InChI is InChI=1S/C20H22FN5O2S/c1-14-19(29-24-23-14)20(27)22-13-17(18-3-2-12-28-18)26-10-8-25(9-11-26)16-6-4-15(21)5-7-16/h2-7,12,17H,8-11,13H2,1H3,(H,22,27). The van der Waals surface area contributed by atoms with Gasteiger partial charge in [-0.2, -0.15) is 0 Å². The largest absolute Gasteiger partial charge is 0.468 e. The molecule has 7 nitrogen and oxygen atoms in total. The Bertz CT molecular complexity index is 936. The Morgan fingerprint density at radius 1 is 1.24 bits per heavy atom. The van der Waals surface area contributed by atoms with E-state index in [-0.39, 0.29) is 17.8 Å². The molecule has 1 amide bonds. The molecular weight excluding hydrogens is 393 g/mol. The maximum atomic E-state index is 13.2. The van der Waals surface area contributed by atoms with Crippen LogP contribution in [0.5, 0.6) is 0 Å². The van der Waals surface area contributed by atoms with Crippen LogP contribution in [0.4, 0.5) is 10.1 Å². The van der Waals surface area contributed by atoms with E-state index in [0.29, 0.717) is 17.1 Å². The Morgan fingerprint density at radius 3 is 2.62 bits per heavy atom. The average Bonchev–Trinajstić information content (AvgIpc) is 3.41. The molecule has 2 aromatic heterocycles. The predicted molar refractivity (Wildman–Crippen MR) is 109 cm³/mol. The lowest BCUT2D eigenvalue weighted by molar-refractivity contribution is 0.0926. The molecule has 1 fully saturated rings. The number of carbonyl (C=O) groups is 1. The molecule has 0 aliphatic carbocycles. The van der Waals surface area contributed by atoms with Crippen LogP contribution in [0.2, 0.25) is 0 Å². The first-order valence-electron chi connectivity index (χ1n) is 9.47. The number of carbonyl (C=O) groups excluding carboxylic acids is 1. The number of nitrogens with zero attached hydrogens (tertiary/aromatic N) is 4. The summed E-state index contributed by atoms with van der Waals surface area (Å²) in [6.45, 7) is 5.44. The Hall–Kier alpha value is -2.78. The van der Waals surface area contributed by atoms with E-state index in [0.717, 1.165) is 49.2 Å². The molecule has 4 rings (SSSR count). The molecule has 0 bridgehead atoms. The maximum absolute atomic E-state index is 13.2. The van der Waals surface area contributed by atoms with Crippen molar-refractivity contribution >= 4 is 23.1 Å². The molecule has 9 heteroatoms. The van der Waals surface area contributed by atoms with E-state index >= 15 is 0 Å². The van der Waals surface area contributed by atoms with Crippen LogP contribution in [-0.2, 0) is 0 Å². The summed E-state index contributed by atoms with van der Waals surface area (Å²) in [5, 5.41) is 6.89. The number of nitrogens with one attached hydrogen (secondary N) is 1. The van der Waals surface area contributed by atoms with Crippen molar-refractivity contribution in [3.8, 4) is 0 Å². The van der Waals surface area contributed by atoms with Crippen LogP contribution < -0.4 is 10.2 Å². The number of furan rings is 1. The molecule has 29 heavy (non-hydrogen) atoms. The van der Waals surface area contributed by atoms with Crippen LogP contribution in [-0.4, -0.2) is 53.1 Å². The second-order valence-electron chi connectivity index (χ2n) is 6.93. The van der Waals surface area contributed by atoms with Crippen LogP contribution >= 0.6 is 11.5 Å². The number of piperazine rings is 1. The molecule has 1 atom stereocenters. The fourth-order valence-corrected chi connectivity index (χ4v) is 4.12. The number of aryl methyl sites for hydroxylation is 1. The summed E-state index contributed by atoms with van der Waals surface area (Å²) in [6, 6.07) is 10.3. The number of aromatic nitrogens is 2. The normalized spacial score (nSPS) is 16.0. The average molecular weight is 415 g/mol. The monoisotopic (exact) mass is 415 g/mol. The topological polar surface area (TPSA) is 74.5 Å². The van der Waals surface area contributed by atoms with Gasteiger partial charge in [-0.25, -0.2) is 4.39 Å². The van der Waals surface area contributed by atoms with Gasteiger partial charge < -0.3 is 14.6 Å². The van der Waals surface area contributed by atoms with Gasteiger partial charge in [-0.15, -0.1) is 5.10 Å². The van der Waals surface area contributed by atoms with Gasteiger partial charge in [0.1, 0.15) is 16.5 Å². The first kappa shape index (κ1) is 19.5. The van der Waals surface area contributed by atoms with E-state index in [9.17, 15) is 9.18 Å². The molecular formula is C20H22FN5O2S. The molecule has 1 aliphatic rings. The molecule has 3 aromatic rings. The number of rotatable bonds is 6. The van der Waals surface area contributed by atoms with Crippen molar-refractivity contribution in [2.24, 2.45) is 0 Å². The summed E-state index contributed by atoms with van der Waals surface area (Å²) in [5.74, 6) is 0.422. The summed E-state index contributed by atoms with van der Waals surface area (Å²) in [7, 11) is 0. The summed E-state index contributed by atoms with van der Waals surface area (Å²) < 4.78 is 22.7. The van der Waals surface area contributed by atoms with E-state index in [1.807, 2.05) is 12.1 Å². The zero-order valence-electron chi connectivity index (χ0n) is 16.0. The van der Waals surface area contributed by atoms with Crippen molar-refractivity contribution in [2.75, 3.05) is 37.6 Å². The van der Waals surface area contributed by atoms with Crippen LogP contribution in [0.3, 0.4) is 0 Å². The summed E-state index contributed by atoms with van der Waals surface area (Å²) in [5.41, 5.74) is 1.65. The smallest absolute Gasteiger partial charge is 0.265 e. The molecule has 0 spiro atoms. The van der Waals surface area contributed by atoms with Crippen molar-refractivity contribution in [1.82, 2.24) is 19.8 Å². The van der Waals surface area contributed by atoms with Gasteiger partial charge in [0.2, 0.25) is 0 Å². The van der Waals surface area contributed by atoms with E-state index in [1.165, 1.54) is 12.1 Å². The van der Waals surface area contributed by atoms with E-state index in [4.69, 9.17) is 4.42 Å². The van der Waals surface area contributed by atoms with E-state index in [1.54, 1.807) is 25.3 Å². The second-order valence-corrected chi connectivity index (χ2v) is 7.68. The Morgan fingerprint density at radius 2 is 2.00 bits per heavy atom. The molecule has 3 heterocycles. The predicted octanol–water partition coefficient (Wildman–Crippen LogP) is 2.87. The third-order valence-corrected chi connectivity index (χ3v) is 5.96. The third-order valence-electron chi connectivity index (χ3n) is 5.13. The van der Waals surface area contributed by atoms with Gasteiger partial charge in [0, 0.05) is 38.4 Å². The molecule has 0 radical (unpaired) electrons. The quantitative estimate of drug-likeness (QED) is 0.667. The first-order valence-corrected chi connectivity index (χ1v) is 10.2. The zero-order valence-corrected chi connectivity index (χ0v) is 16.9. The van der Waals surface area contributed by atoms with Gasteiger partial charge in [-0.3, -0.25) is 9.69 Å². The lowest BCUT2D eigenvalue weighted by Crippen LogP contribution is -2.49. The number of amides is 1. The van der Waals surface area contributed by atoms with Crippen molar-refractivity contribution in [3.63, 3.8) is 0 Å². The minimum atomic E-state index is -0.229. The van der Waals surface area contributed by atoms with Gasteiger partial charge >= 0.3 is 0 Å². The maximum Gasteiger partial charge on any atom is 0.265 e. The highest BCUT2D eigenvalue weighted by atomic mass is 32.1. The van der Waals surface area contributed by atoms with Crippen molar-refractivity contribution in [2.45, 2.75) is 13.0 Å². The lowest BCUT2D eigenvalue weighted by Gasteiger charge is -2.39. The number of anilines is 1. The summed E-state index contributed by atoms with van der Waals surface area (Å²) >= 11 is 1.10. The Balaban J connectivity index is 1.41. The Labute approximate surface area is 172 Å². The highest BCUT2D eigenvalue weighted by Crippen LogP contribution is 2.25. The van der Waals surface area contributed by atoms with Crippen molar-refractivity contribution in [3.05, 3.63) is 64.8 Å². The molecule has 1 N–H and O–H groups in total. The minimum absolute atomic E-state index is 0.0643. The Kier molecular flexibility index (Phi) is 5.86. The molecule has 1 aromatic carbocycles. The van der Waals surface area contributed by atoms with Gasteiger partial charge in [-0.1, -0.05) is 4.49 Å². The third kappa shape index (κ3) is 4.46. The zero-order chi connectivity index (χ0) is 20.2. The minimum Gasteiger partial charge on any atom is -0.468 e. The van der Waals surface area contributed by atoms with Gasteiger partial charge in [0.25, 0.3) is 5.91 Å². The molecule has 0 saturated carbocycles. The fourth-order valence-electron chi connectivity index (χ4n) is 3.54. The molecule has 1 aliphatic heterocycles. The summed E-state index contributed by atoms with van der Waals surface area (Å²) in [6.07, 6.45) is 1.65. The second kappa shape index (κ2) is 8.71. The van der Waals surface area contributed by atoms with Crippen molar-refractivity contribution < 1.29 is 13.6 Å². The van der Waals surface area contributed by atoms with E-state index in [2.05, 4.69) is 24.7 Å². The van der Waals surface area contributed by atoms with Gasteiger partial charge in [0.05, 0.1) is 18.0 Å². The molecule has 152 valence electrons. The highest BCUT2D eigenvalue weighted by molar-refractivity contribution is 7.07. The number of hydrogen-bond donors (Lipinski definition) is 1. The lowest BCUT2D eigenvalue weighted by atomic mass is 10.1. The van der Waals surface area contributed by atoms with E-state index < -0.39 is 0 Å². The number of benzene rings is 1. The first-order chi connectivity index (χ1) is 14.1. The van der Waals surface area contributed by atoms with Crippen LogP contribution in [0.25, 0.3) is 0 Å². The number of halogens is 1. The van der Waals surface area contributed by atoms with Crippen LogP contribution in [0.15, 0.2) is 47.1 Å². The van der Waals surface area contributed by atoms with Gasteiger partial charge in [0.15, 0.2) is 0 Å². The van der Waals surface area contributed by atoms with Crippen LogP contribution in [0, 0.1) is 12.7 Å². The number of hydrogen-bond acceptors (Lipinski definition) is 7. The van der Waals surface area contributed by atoms with Crippen molar-refractivity contribution in [1.29, 1.82) is 0 Å². The molecule has 1 saturated heterocycles. The SMILES string of the molecule is Cc1nnsc1C(=O)NCC(c1ccco1)N1CCN(c2ccc(F)cc2)CC1. The molecule has 1 unspecified atom stereocenters.